The average Bonchev–Trinajstić information content (AvgIpc) is 2.78. The quantitative estimate of drug-likeness (QED) is 0.146. The van der Waals surface area contributed by atoms with E-state index in [2.05, 4.69) is 0 Å². The molecule has 1 fully saturated rings. The Bertz CT molecular complexity index is 923. The fourth-order valence-corrected chi connectivity index (χ4v) is 3.68. The first-order chi connectivity index (χ1) is 14.6. The number of carbonyl (C=O) groups excluding carboxylic acids is 1. The molecular weight excluding hydrogens is 382 g/mol. The van der Waals surface area contributed by atoms with Gasteiger partial charge in [-0.3, -0.25) is 10.1 Å². The summed E-state index contributed by atoms with van der Waals surface area (Å²) in [6.45, 7) is 0. The van der Waals surface area contributed by atoms with Crippen LogP contribution in [0.3, 0.4) is 0 Å². The Morgan fingerprint density at radius 3 is 2.23 bits per heavy atom. The lowest BCUT2D eigenvalue weighted by atomic mass is 9.81. The van der Waals surface area contributed by atoms with Crippen molar-refractivity contribution in [3.63, 3.8) is 0 Å². The second-order valence-electron chi connectivity index (χ2n) is 7.22. The van der Waals surface area contributed by atoms with Crippen molar-refractivity contribution in [3.05, 3.63) is 82.4 Å². The summed E-state index contributed by atoms with van der Waals surface area (Å²) >= 11 is 0. The number of ether oxygens (including phenoxy) is 2. The van der Waals surface area contributed by atoms with E-state index in [1.54, 1.807) is 13.2 Å². The third kappa shape index (κ3) is 5.80. The van der Waals surface area contributed by atoms with E-state index in [1.807, 2.05) is 30.3 Å². The van der Waals surface area contributed by atoms with Crippen LogP contribution in [0.25, 0.3) is 5.57 Å². The van der Waals surface area contributed by atoms with Gasteiger partial charge in [0, 0.05) is 18.2 Å². The summed E-state index contributed by atoms with van der Waals surface area (Å²) in [5.74, 6) is 1.01. The highest BCUT2D eigenvalue weighted by molar-refractivity contribution is 5.85. The first-order valence-corrected chi connectivity index (χ1v) is 10.1. The number of nitro groups is 1. The summed E-state index contributed by atoms with van der Waals surface area (Å²) < 4.78 is 10.5. The molecule has 2 aromatic carbocycles. The number of allylic oxidation sites excluding steroid dienone is 3. The molecule has 6 heteroatoms. The Morgan fingerprint density at radius 2 is 1.63 bits per heavy atom. The number of esters is 1. The van der Waals surface area contributed by atoms with E-state index in [-0.39, 0.29) is 11.4 Å². The molecule has 30 heavy (non-hydrogen) atoms. The minimum atomic E-state index is -0.530. The summed E-state index contributed by atoms with van der Waals surface area (Å²) in [6, 6.07) is 13.4. The number of carbonyl (C=O) groups is 1. The Hall–Kier alpha value is -3.41. The maximum absolute atomic E-state index is 12.1. The number of nitrogens with zero attached hydrogens (tertiary/aromatic N) is 1. The van der Waals surface area contributed by atoms with Gasteiger partial charge in [-0.2, -0.15) is 0 Å². The van der Waals surface area contributed by atoms with Crippen molar-refractivity contribution in [1.82, 2.24) is 0 Å². The third-order valence-electron chi connectivity index (χ3n) is 5.24. The van der Waals surface area contributed by atoms with Gasteiger partial charge in [-0.1, -0.05) is 43.5 Å². The normalized spacial score (nSPS) is 15.2. The molecule has 1 aliphatic rings. The van der Waals surface area contributed by atoms with Crippen LogP contribution in [0, 0.1) is 16.0 Å². The van der Waals surface area contributed by atoms with E-state index < -0.39 is 10.9 Å². The molecule has 0 bridgehead atoms. The molecule has 0 saturated heterocycles. The fraction of sp³-hybridized carbons (Fsp3) is 0.292. The van der Waals surface area contributed by atoms with Gasteiger partial charge in [-0.05, 0) is 54.2 Å². The topological polar surface area (TPSA) is 78.7 Å². The van der Waals surface area contributed by atoms with Gasteiger partial charge < -0.3 is 9.47 Å². The van der Waals surface area contributed by atoms with E-state index >= 15 is 0 Å². The molecule has 3 rings (SSSR count). The van der Waals surface area contributed by atoms with Gasteiger partial charge in [-0.15, -0.1) is 0 Å². The Labute approximate surface area is 176 Å². The number of non-ortho nitro benzene ring substituents is 1. The second kappa shape index (κ2) is 10.4. The molecule has 0 N–H and O–H groups in total. The van der Waals surface area contributed by atoms with Crippen molar-refractivity contribution < 1.29 is 19.2 Å². The predicted molar refractivity (Wildman–Crippen MR) is 115 cm³/mol. The summed E-state index contributed by atoms with van der Waals surface area (Å²) in [5.41, 5.74) is 2.28. The number of rotatable bonds is 7. The van der Waals surface area contributed by atoms with Gasteiger partial charge >= 0.3 is 5.97 Å². The van der Waals surface area contributed by atoms with Gasteiger partial charge in [-0.25, -0.2) is 4.79 Å². The molecule has 1 saturated carbocycles. The molecule has 156 valence electrons. The smallest absolute Gasteiger partial charge is 0.336 e. The van der Waals surface area contributed by atoms with Crippen LogP contribution in [0.15, 0.2) is 66.8 Å². The van der Waals surface area contributed by atoms with Crippen molar-refractivity contribution in [2.45, 2.75) is 32.1 Å². The molecule has 0 aromatic heterocycles. The minimum Gasteiger partial charge on any atom is -0.497 e. The lowest BCUT2D eigenvalue weighted by molar-refractivity contribution is -0.384. The van der Waals surface area contributed by atoms with Gasteiger partial charge in [0.05, 0.1) is 12.0 Å². The molecule has 0 radical (unpaired) electrons. The van der Waals surface area contributed by atoms with Crippen LogP contribution < -0.4 is 9.47 Å². The van der Waals surface area contributed by atoms with Crippen molar-refractivity contribution in [1.29, 1.82) is 0 Å². The highest BCUT2D eigenvalue weighted by Crippen LogP contribution is 2.36. The standard InChI is InChI=1S/C24H25NO5/c1-29-21-14-10-19(11-15-21)23(18-6-3-2-4-7-18)8-5-9-24(26)30-22-16-12-20(13-17-22)25(27)28/h5,8-18H,2-4,6-7H2,1H3/b9-5+,23-8-. The summed E-state index contributed by atoms with van der Waals surface area (Å²) in [4.78, 5) is 22.3. The zero-order chi connectivity index (χ0) is 21.3. The molecular formula is C24H25NO5. The van der Waals surface area contributed by atoms with E-state index in [4.69, 9.17) is 9.47 Å². The SMILES string of the molecule is COc1ccc(/C(=C\C=C\C(=O)Oc2ccc([N+](=O)[O-])cc2)C2CCCCC2)cc1. The average molecular weight is 407 g/mol. The number of nitro benzene ring substituents is 1. The van der Waals surface area contributed by atoms with Crippen molar-refractivity contribution in [2.24, 2.45) is 5.92 Å². The van der Waals surface area contributed by atoms with E-state index in [0.717, 1.165) is 24.2 Å². The first-order valence-electron chi connectivity index (χ1n) is 10.1. The minimum absolute atomic E-state index is 0.0510. The third-order valence-corrected chi connectivity index (χ3v) is 5.24. The van der Waals surface area contributed by atoms with E-state index in [9.17, 15) is 14.9 Å². The van der Waals surface area contributed by atoms with Crippen LogP contribution in [0.4, 0.5) is 5.69 Å². The van der Waals surface area contributed by atoms with Crippen LogP contribution in [-0.4, -0.2) is 18.0 Å². The summed E-state index contributed by atoms with van der Waals surface area (Å²) in [7, 11) is 1.65. The van der Waals surface area contributed by atoms with Gasteiger partial charge in [0.1, 0.15) is 11.5 Å². The largest absolute Gasteiger partial charge is 0.497 e. The van der Waals surface area contributed by atoms with Crippen LogP contribution in [0.5, 0.6) is 11.5 Å². The molecule has 0 unspecified atom stereocenters. The molecule has 0 spiro atoms. The lowest BCUT2D eigenvalue weighted by Gasteiger charge is -2.25. The zero-order valence-electron chi connectivity index (χ0n) is 17.0. The summed E-state index contributed by atoms with van der Waals surface area (Å²) in [5, 5.41) is 10.7. The Balaban J connectivity index is 1.72. The Kier molecular flexibility index (Phi) is 7.38. The summed E-state index contributed by atoms with van der Waals surface area (Å²) in [6.07, 6.45) is 11.0. The molecule has 0 heterocycles. The predicted octanol–water partition coefficient (Wildman–Crippen LogP) is 5.73. The molecule has 1 aliphatic carbocycles. The molecule has 2 aromatic rings. The zero-order valence-corrected chi connectivity index (χ0v) is 17.0. The fourth-order valence-electron chi connectivity index (χ4n) is 3.68. The number of methoxy groups -OCH3 is 1. The van der Waals surface area contributed by atoms with Crippen LogP contribution in [0.1, 0.15) is 37.7 Å². The molecule has 6 nitrogen and oxygen atoms in total. The highest BCUT2D eigenvalue weighted by Gasteiger charge is 2.18. The monoisotopic (exact) mass is 407 g/mol. The van der Waals surface area contributed by atoms with E-state index in [1.165, 1.54) is 55.2 Å². The Morgan fingerprint density at radius 1 is 1.00 bits per heavy atom. The lowest BCUT2D eigenvalue weighted by Crippen LogP contribution is -2.08. The van der Waals surface area contributed by atoms with Gasteiger partial charge in [0.25, 0.3) is 5.69 Å². The highest BCUT2D eigenvalue weighted by atomic mass is 16.6. The van der Waals surface area contributed by atoms with Gasteiger partial charge in [0.15, 0.2) is 0 Å². The maximum Gasteiger partial charge on any atom is 0.336 e. The second-order valence-corrected chi connectivity index (χ2v) is 7.22. The molecule has 0 amide bonds. The number of hydrogen-bond acceptors (Lipinski definition) is 5. The molecule has 0 atom stereocenters. The van der Waals surface area contributed by atoms with Crippen molar-refractivity contribution >= 4 is 17.2 Å². The first kappa shape index (κ1) is 21.3. The van der Waals surface area contributed by atoms with Gasteiger partial charge in [0.2, 0.25) is 0 Å². The number of hydrogen-bond donors (Lipinski definition) is 0. The van der Waals surface area contributed by atoms with Crippen LogP contribution in [0.2, 0.25) is 0 Å². The van der Waals surface area contributed by atoms with Crippen molar-refractivity contribution in [3.8, 4) is 11.5 Å². The van der Waals surface area contributed by atoms with E-state index in [0.29, 0.717) is 5.92 Å². The van der Waals surface area contributed by atoms with Crippen molar-refractivity contribution in [2.75, 3.05) is 7.11 Å². The van der Waals surface area contributed by atoms with Crippen LogP contribution in [-0.2, 0) is 4.79 Å². The molecule has 0 aliphatic heterocycles. The maximum atomic E-state index is 12.1. The van der Waals surface area contributed by atoms with Crippen LogP contribution >= 0.6 is 0 Å². The number of benzene rings is 2.